The van der Waals surface area contributed by atoms with E-state index >= 15 is 0 Å². The van der Waals surface area contributed by atoms with Crippen LogP contribution in [0.2, 0.25) is 0 Å². The normalized spacial score (nSPS) is 13.6. The average Bonchev–Trinajstić information content (AvgIpc) is 3.41. The van der Waals surface area contributed by atoms with E-state index in [1.807, 2.05) is 12.1 Å². The average molecular weight is 647 g/mol. The predicted octanol–water partition coefficient (Wildman–Crippen LogP) is 10.2. The molecule has 0 spiro atoms. The zero-order chi connectivity index (χ0) is 35.1. The minimum Gasteiger partial charge on any atom is -0.310 e. The third-order valence-corrected chi connectivity index (χ3v) is 11.5. The minimum absolute atomic E-state index is 0.0126. The van der Waals surface area contributed by atoms with Gasteiger partial charge in [-0.3, -0.25) is 0 Å². The van der Waals surface area contributed by atoms with Crippen molar-refractivity contribution in [2.75, 3.05) is 0 Å². The Morgan fingerprint density at radius 1 is 0.560 bits per heavy atom. The lowest BCUT2D eigenvalue weighted by atomic mass is 9.32. The predicted molar refractivity (Wildman–Crippen MR) is 215 cm³/mol. The summed E-state index contributed by atoms with van der Waals surface area (Å²) in [5, 5.41) is 14.8. The molecule has 7 aromatic rings. The Bertz CT molecular complexity index is 2640. The van der Waals surface area contributed by atoms with Crippen molar-refractivity contribution in [1.29, 1.82) is 5.26 Å². The van der Waals surface area contributed by atoms with Crippen molar-refractivity contribution in [2.45, 2.75) is 78.6 Å². The van der Waals surface area contributed by atoms with Crippen LogP contribution in [0.3, 0.4) is 0 Å². The molecule has 0 bridgehead atoms. The van der Waals surface area contributed by atoms with E-state index in [2.05, 4.69) is 158 Å². The first-order chi connectivity index (χ1) is 23.6. The second kappa shape index (κ2) is 10.0. The molecule has 2 aliphatic rings. The molecule has 9 rings (SSSR count). The van der Waals surface area contributed by atoms with Gasteiger partial charge in [-0.25, -0.2) is 0 Å². The topological polar surface area (TPSA) is 28.7 Å². The summed E-state index contributed by atoms with van der Waals surface area (Å²) in [5.41, 5.74) is 17.9. The van der Waals surface area contributed by atoms with E-state index in [9.17, 15) is 5.26 Å². The van der Waals surface area contributed by atoms with Gasteiger partial charge in [0.1, 0.15) is 0 Å². The molecule has 2 nitrogen and oxygen atoms in total. The number of aromatic nitrogens is 1. The maximum absolute atomic E-state index is 9.49. The minimum atomic E-state index is -0.0304. The summed E-state index contributed by atoms with van der Waals surface area (Å²) in [5.74, 6) is 0. The third kappa shape index (κ3) is 4.27. The molecule has 6 aromatic carbocycles. The molecule has 3 heteroatoms. The van der Waals surface area contributed by atoms with Crippen LogP contribution in [-0.2, 0) is 16.2 Å². The van der Waals surface area contributed by atoms with E-state index in [0.29, 0.717) is 5.56 Å². The maximum atomic E-state index is 9.49. The molecule has 244 valence electrons. The van der Waals surface area contributed by atoms with Crippen molar-refractivity contribution >= 4 is 55.7 Å². The van der Waals surface area contributed by atoms with Gasteiger partial charge in [-0.05, 0) is 113 Å². The fourth-order valence-electron chi connectivity index (χ4n) is 8.68. The molecule has 50 heavy (non-hydrogen) atoms. The Kier molecular flexibility index (Phi) is 6.20. The highest BCUT2D eigenvalue weighted by Crippen LogP contribution is 2.44. The van der Waals surface area contributed by atoms with Crippen molar-refractivity contribution in [3.63, 3.8) is 0 Å². The van der Waals surface area contributed by atoms with Gasteiger partial charge in [-0.15, -0.1) is 0 Å². The van der Waals surface area contributed by atoms with Crippen LogP contribution in [0.15, 0.2) is 97.1 Å². The van der Waals surface area contributed by atoms with E-state index in [-0.39, 0.29) is 23.0 Å². The molecular weight excluding hydrogens is 603 g/mol. The molecule has 0 saturated heterocycles. The van der Waals surface area contributed by atoms with Gasteiger partial charge < -0.3 is 4.57 Å². The van der Waals surface area contributed by atoms with Gasteiger partial charge in [0.05, 0.1) is 17.1 Å². The Hall–Kier alpha value is -5.07. The highest BCUT2D eigenvalue weighted by Gasteiger charge is 2.41. The zero-order valence-corrected chi connectivity index (χ0v) is 30.7. The molecule has 0 amide bonds. The molecule has 3 heterocycles. The summed E-state index contributed by atoms with van der Waals surface area (Å²) in [6, 6.07) is 39.2. The number of nitrogens with zero attached hydrogens (tertiary/aromatic N) is 2. The summed E-state index contributed by atoms with van der Waals surface area (Å²) >= 11 is 0. The Morgan fingerprint density at radius 3 is 1.92 bits per heavy atom. The third-order valence-electron chi connectivity index (χ3n) is 11.5. The summed E-state index contributed by atoms with van der Waals surface area (Å²) in [6.07, 6.45) is 0. The van der Waals surface area contributed by atoms with E-state index in [1.54, 1.807) is 0 Å². The quantitative estimate of drug-likeness (QED) is 0.163. The van der Waals surface area contributed by atoms with Gasteiger partial charge in [-0.2, -0.15) is 5.26 Å². The van der Waals surface area contributed by atoms with Crippen molar-refractivity contribution in [3.05, 3.63) is 119 Å². The largest absolute Gasteiger partial charge is 0.310 e. The molecule has 0 saturated carbocycles. The molecule has 0 radical (unpaired) electrons. The van der Waals surface area contributed by atoms with Crippen molar-refractivity contribution in [2.24, 2.45) is 0 Å². The second-order valence-electron chi connectivity index (χ2n) is 17.8. The van der Waals surface area contributed by atoms with Crippen molar-refractivity contribution < 1.29 is 0 Å². The first kappa shape index (κ1) is 31.0. The zero-order valence-electron chi connectivity index (χ0n) is 30.7. The Morgan fingerprint density at radius 2 is 1.24 bits per heavy atom. The fourth-order valence-corrected chi connectivity index (χ4v) is 8.68. The van der Waals surface area contributed by atoms with Crippen molar-refractivity contribution in [3.8, 4) is 34.0 Å². The number of fused-ring (bicyclic) bond motifs is 7. The highest BCUT2D eigenvalue weighted by atomic mass is 15.0. The number of benzene rings is 6. The fraction of sp³-hybridized carbons (Fsp3) is 0.255. The van der Waals surface area contributed by atoms with Gasteiger partial charge in [0, 0.05) is 22.0 Å². The van der Waals surface area contributed by atoms with Crippen LogP contribution in [-0.4, -0.2) is 11.3 Å². The molecule has 0 aliphatic carbocycles. The van der Waals surface area contributed by atoms with Crippen molar-refractivity contribution in [1.82, 2.24) is 4.57 Å². The summed E-state index contributed by atoms with van der Waals surface area (Å²) < 4.78 is 2.61. The van der Waals surface area contributed by atoms with Gasteiger partial charge in [0.2, 0.25) is 6.71 Å². The summed E-state index contributed by atoms with van der Waals surface area (Å²) in [7, 11) is 0. The number of nitriles is 1. The van der Waals surface area contributed by atoms with Crippen LogP contribution in [0.5, 0.6) is 0 Å². The SMILES string of the molecule is CC(C)(C)c1cc2c3c(c1)-n1c4ccc(C(C)(C)C)cc4c4cc(C(C)(C)C)cc(c41)B3c1ccc(-c3ccc(C#N)cc3)c3cccc-2c13. The maximum Gasteiger partial charge on any atom is 0.248 e. The lowest BCUT2D eigenvalue weighted by Gasteiger charge is -2.36. The summed E-state index contributed by atoms with van der Waals surface area (Å²) in [6.45, 7) is 21.1. The van der Waals surface area contributed by atoms with Gasteiger partial charge in [-0.1, -0.05) is 128 Å². The number of rotatable bonds is 1. The number of hydrogen-bond acceptors (Lipinski definition) is 1. The lowest BCUT2D eigenvalue weighted by Crippen LogP contribution is -2.58. The molecule has 0 fully saturated rings. The lowest BCUT2D eigenvalue weighted by molar-refractivity contribution is 0.590. The van der Waals surface area contributed by atoms with E-state index < -0.39 is 0 Å². The van der Waals surface area contributed by atoms with Gasteiger partial charge in [0.25, 0.3) is 0 Å². The van der Waals surface area contributed by atoms with Crippen LogP contribution in [0.4, 0.5) is 0 Å². The molecule has 1 aromatic heterocycles. The molecule has 2 aliphatic heterocycles. The first-order valence-corrected chi connectivity index (χ1v) is 18.0. The summed E-state index contributed by atoms with van der Waals surface area (Å²) in [4.78, 5) is 0. The van der Waals surface area contributed by atoms with Crippen LogP contribution in [0.1, 0.15) is 84.6 Å². The molecule has 0 atom stereocenters. The second-order valence-corrected chi connectivity index (χ2v) is 17.8. The van der Waals surface area contributed by atoms with Crippen LogP contribution in [0, 0.1) is 11.3 Å². The van der Waals surface area contributed by atoms with Crippen LogP contribution < -0.4 is 16.4 Å². The van der Waals surface area contributed by atoms with Crippen LogP contribution in [0.25, 0.3) is 60.5 Å². The van der Waals surface area contributed by atoms with E-state index in [0.717, 1.165) is 5.56 Å². The van der Waals surface area contributed by atoms with E-state index in [1.165, 1.54) is 88.0 Å². The first-order valence-electron chi connectivity index (χ1n) is 18.0. The standard InChI is InChI=1S/C47H43BN2/c1-45(2,3)29-17-20-40-35(21-29)37-23-30(46(4,5)6)24-39-44(37)50(40)41-25-31(47(7,8)9)22-36-34-12-10-11-33-32(28-15-13-27(26-49)14-16-28)18-19-38(42(33)34)48(39)43(36)41/h10-25H,1-9H3. The monoisotopic (exact) mass is 646 g/mol. The molecular formula is C47H43BN2. The van der Waals surface area contributed by atoms with Gasteiger partial charge in [0.15, 0.2) is 0 Å². The molecule has 0 unspecified atom stereocenters. The highest BCUT2D eigenvalue weighted by molar-refractivity contribution is 7.01. The molecule has 0 N–H and O–H groups in total. The van der Waals surface area contributed by atoms with Crippen LogP contribution >= 0.6 is 0 Å². The Labute approximate surface area is 296 Å². The number of hydrogen-bond donors (Lipinski definition) is 0. The van der Waals surface area contributed by atoms with E-state index in [4.69, 9.17) is 0 Å². The smallest absolute Gasteiger partial charge is 0.248 e. The van der Waals surface area contributed by atoms with Gasteiger partial charge >= 0.3 is 0 Å². The Balaban J connectivity index is 1.47.